The zero-order valence-electron chi connectivity index (χ0n) is 21.2. The van der Waals surface area contributed by atoms with Gasteiger partial charge in [0, 0.05) is 20.0 Å². The second-order valence-electron chi connectivity index (χ2n) is 9.24. The Bertz CT molecular complexity index is 811. The maximum absolute atomic E-state index is 13.3. The SMILES string of the molecule is CC[C@H](C)[C@@H]1NCCCC/C=C/CCNC(=O)[C@@H](Cc2ccccc2)NC(=O)[C@@H](C)N(C)C1=O. The Morgan fingerprint density at radius 1 is 1.00 bits per heavy atom. The summed E-state index contributed by atoms with van der Waals surface area (Å²) in [6, 6.07) is 7.87. The number of carbonyl (C=O) groups excluding carboxylic acids is 3. The van der Waals surface area contributed by atoms with Gasteiger partial charge in [-0.1, -0.05) is 62.8 Å². The molecule has 34 heavy (non-hydrogen) atoms. The average molecular weight is 471 g/mol. The molecule has 0 bridgehead atoms. The molecule has 1 aliphatic heterocycles. The molecule has 0 aliphatic carbocycles. The van der Waals surface area contributed by atoms with Crippen molar-refractivity contribution in [2.24, 2.45) is 5.92 Å². The smallest absolute Gasteiger partial charge is 0.243 e. The fraction of sp³-hybridized carbons (Fsp3) is 0.593. The molecule has 188 valence electrons. The van der Waals surface area contributed by atoms with Crippen LogP contribution < -0.4 is 16.0 Å². The Balaban J connectivity index is 2.22. The van der Waals surface area contributed by atoms with E-state index in [1.54, 1.807) is 14.0 Å². The van der Waals surface area contributed by atoms with Gasteiger partial charge in [-0.3, -0.25) is 14.4 Å². The normalized spacial score (nSPS) is 26.1. The molecule has 7 nitrogen and oxygen atoms in total. The van der Waals surface area contributed by atoms with Crippen molar-refractivity contribution in [3.8, 4) is 0 Å². The Labute approximate surface area is 204 Å². The first-order valence-electron chi connectivity index (χ1n) is 12.6. The van der Waals surface area contributed by atoms with Gasteiger partial charge in [-0.15, -0.1) is 0 Å². The van der Waals surface area contributed by atoms with Crippen molar-refractivity contribution in [2.45, 2.75) is 77.4 Å². The lowest BCUT2D eigenvalue weighted by atomic mass is 9.97. The molecule has 0 radical (unpaired) electrons. The van der Waals surface area contributed by atoms with Gasteiger partial charge < -0.3 is 20.9 Å². The lowest BCUT2D eigenvalue weighted by Crippen LogP contribution is -2.57. The summed E-state index contributed by atoms with van der Waals surface area (Å²) in [4.78, 5) is 40.9. The molecule has 1 heterocycles. The number of benzene rings is 1. The average Bonchev–Trinajstić information content (AvgIpc) is 2.85. The van der Waals surface area contributed by atoms with Crippen molar-refractivity contribution in [3.05, 3.63) is 48.0 Å². The molecule has 1 aromatic carbocycles. The second kappa shape index (κ2) is 14.6. The minimum absolute atomic E-state index is 0.0953. The predicted molar refractivity (Wildman–Crippen MR) is 136 cm³/mol. The van der Waals surface area contributed by atoms with Gasteiger partial charge in [-0.2, -0.15) is 0 Å². The summed E-state index contributed by atoms with van der Waals surface area (Å²) < 4.78 is 0. The zero-order valence-corrected chi connectivity index (χ0v) is 21.2. The fourth-order valence-corrected chi connectivity index (χ4v) is 3.99. The van der Waals surface area contributed by atoms with Crippen LogP contribution in [0.3, 0.4) is 0 Å². The molecule has 0 aromatic heterocycles. The summed E-state index contributed by atoms with van der Waals surface area (Å²) in [5.74, 6) is -0.503. The Morgan fingerprint density at radius 2 is 1.71 bits per heavy atom. The van der Waals surface area contributed by atoms with Crippen LogP contribution in [-0.4, -0.2) is 60.9 Å². The van der Waals surface area contributed by atoms with E-state index in [1.165, 1.54) is 4.90 Å². The van der Waals surface area contributed by atoms with Crippen LogP contribution in [-0.2, 0) is 20.8 Å². The van der Waals surface area contributed by atoms with Gasteiger partial charge in [0.1, 0.15) is 12.1 Å². The molecule has 1 aliphatic rings. The van der Waals surface area contributed by atoms with E-state index in [0.29, 0.717) is 13.0 Å². The Kier molecular flexibility index (Phi) is 11.8. The number of hydrogen-bond acceptors (Lipinski definition) is 4. The molecule has 0 saturated heterocycles. The van der Waals surface area contributed by atoms with E-state index in [9.17, 15) is 14.4 Å². The Hall–Kier alpha value is -2.67. The summed E-state index contributed by atoms with van der Waals surface area (Å²) in [7, 11) is 1.67. The molecule has 3 amide bonds. The number of allylic oxidation sites excluding steroid dienone is 1. The second-order valence-corrected chi connectivity index (χ2v) is 9.24. The highest BCUT2D eigenvalue weighted by atomic mass is 16.2. The van der Waals surface area contributed by atoms with Gasteiger partial charge in [0.2, 0.25) is 17.7 Å². The monoisotopic (exact) mass is 470 g/mol. The van der Waals surface area contributed by atoms with E-state index in [-0.39, 0.29) is 29.7 Å². The number of amides is 3. The maximum Gasteiger partial charge on any atom is 0.243 e. The molecular weight excluding hydrogens is 428 g/mol. The maximum atomic E-state index is 13.3. The van der Waals surface area contributed by atoms with Gasteiger partial charge in [0.15, 0.2) is 0 Å². The summed E-state index contributed by atoms with van der Waals surface area (Å²) >= 11 is 0. The van der Waals surface area contributed by atoms with Gasteiger partial charge in [-0.25, -0.2) is 0 Å². The quantitative estimate of drug-likeness (QED) is 0.590. The first-order valence-corrected chi connectivity index (χ1v) is 12.6. The van der Waals surface area contributed by atoms with Crippen LogP contribution >= 0.6 is 0 Å². The van der Waals surface area contributed by atoms with Crippen LogP contribution in [0.5, 0.6) is 0 Å². The van der Waals surface area contributed by atoms with Crippen molar-refractivity contribution in [1.29, 1.82) is 0 Å². The molecular formula is C27H42N4O3. The summed E-state index contributed by atoms with van der Waals surface area (Å²) in [5, 5.41) is 9.27. The van der Waals surface area contributed by atoms with E-state index in [0.717, 1.165) is 44.2 Å². The highest BCUT2D eigenvalue weighted by Gasteiger charge is 2.32. The number of hydrogen-bond donors (Lipinski definition) is 3. The van der Waals surface area contributed by atoms with E-state index in [1.807, 2.05) is 30.3 Å². The van der Waals surface area contributed by atoms with Crippen molar-refractivity contribution < 1.29 is 14.4 Å². The molecule has 0 fully saturated rings. The lowest BCUT2D eigenvalue weighted by Gasteiger charge is -2.32. The number of nitrogens with one attached hydrogen (secondary N) is 3. The van der Waals surface area contributed by atoms with E-state index in [2.05, 4.69) is 41.9 Å². The van der Waals surface area contributed by atoms with Crippen LogP contribution in [0, 0.1) is 5.92 Å². The molecule has 0 saturated carbocycles. The largest absolute Gasteiger partial charge is 0.354 e. The molecule has 3 N–H and O–H groups in total. The van der Waals surface area contributed by atoms with Crippen molar-refractivity contribution in [1.82, 2.24) is 20.9 Å². The molecule has 0 spiro atoms. The standard InChI is InChI=1S/C27H42N4O3/c1-5-20(2)24-27(34)31(4)21(3)25(32)30-23(19-22-15-11-10-12-16-22)26(33)29-18-14-9-7-6-8-13-17-28-24/h7,9-12,15-16,20-21,23-24,28H,5-6,8,13-14,17-19H2,1-4H3,(H,29,33)(H,30,32)/b9-7+/t20-,21+,23+,24-/m0/s1. The van der Waals surface area contributed by atoms with Gasteiger partial charge in [0.25, 0.3) is 0 Å². The number of rotatable bonds is 4. The Morgan fingerprint density at radius 3 is 2.41 bits per heavy atom. The zero-order chi connectivity index (χ0) is 24.9. The number of nitrogens with zero attached hydrogens (tertiary/aromatic N) is 1. The minimum atomic E-state index is -0.716. The van der Waals surface area contributed by atoms with Crippen LogP contribution in [0.2, 0.25) is 0 Å². The lowest BCUT2D eigenvalue weighted by molar-refractivity contribution is -0.141. The summed E-state index contributed by atoms with van der Waals surface area (Å²) in [6.07, 6.45) is 9.21. The number of carbonyl (C=O) groups is 3. The van der Waals surface area contributed by atoms with Gasteiger partial charge in [0.05, 0.1) is 6.04 Å². The third-order valence-corrected chi connectivity index (χ3v) is 6.64. The number of likely N-dealkylation sites (N-methyl/N-ethyl adjacent to an activating group) is 1. The minimum Gasteiger partial charge on any atom is -0.354 e. The van der Waals surface area contributed by atoms with Crippen LogP contribution in [0.1, 0.15) is 58.4 Å². The molecule has 0 unspecified atom stereocenters. The van der Waals surface area contributed by atoms with E-state index >= 15 is 0 Å². The van der Waals surface area contributed by atoms with Crippen molar-refractivity contribution in [3.63, 3.8) is 0 Å². The predicted octanol–water partition coefficient (Wildman–Crippen LogP) is 2.81. The van der Waals surface area contributed by atoms with Crippen molar-refractivity contribution in [2.75, 3.05) is 20.1 Å². The van der Waals surface area contributed by atoms with Crippen LogP contribution in [0.15, 0.2) is 42.5 Å². The highest BCUT2D eigenvalue weighted by Crippen LogP contribution is 2.13. The first-order chi connectivity index (χ1) is 16.3. The third-order valence-electron chi connectivity index (χ3n) is 6.64. The molecule has 4 atom stereocenters. The molecule has 1 aromatic rings. The van der Waals surface area contributed by atoms with Gasteiger partial charge in [-0.05, 0) is 50.6 Å². The van der Waals surface area contributed by atoms with Crippen LogP contribution in [0.25, 0.3) is 0 Å². The van der Waals surface area contributed by atoms with E-state index < -0.39 is 12.1 Å². The third kappa shape index (κ3) is 8.60. The summed E-state index contributed by atoms with van der Waals surface area (Å²) in [6.45, 7) is 7.12. The van der Waals surface area contributed by atoms with Crippen molar-refractivity contribution >= 4 is 17.7 Å². The van der Waals surface area contributed by atoms with Gasteiger partial charge >= 0.3 is 0 Å². The molecule has 7 heteroatoms. The first kappa shape index (κ1) is 27.6. The fourth-order valence-electron chi connectivity index (χ4n) is 3.99. The summed E-state index contributed by atoms with van der Waals surface area (Å²) in [5.41, 5.74) is 0.961. The molecule has 2 rings (SSSR count). The highest BCUT2D eigenvalue weighted by molar-refractivity contribution is 5.93. The topological polar surface area (TPSA) is 90.5 Å². The van der Waals surface area contributed by atoms with E-state index in [4.69, 9.17) is 0 Å². The van der Waals surface area contributed by atoms with Crippen LogP contribution in [0.4, 0.5) is 0 Å².